The highest BCUT2D eigenvalue weighted by molar-refractivity contribution is 6.03. The van der Waals surface area contributed by atoms with Crippen molar-refractivity contribution >= 4 is 23.4 Å². The van der Waals surface area contributed by atoms with Gasteiger partial charge in [0, 0.05) is 17.8 Å². The Morgan fingerprint density at radius 2 is 1.70 bits per heavy atom. The second kappa shape index (κ2) is 10.5. The molecule has 8 heteroatoms. The highest BCUT2D eigenvalue weighted by Crippen LogP contribution is 2.56. The van der Waals surface area contributed by atoms with Crippen molar-refractivity contribution in [2.45, 2.75) is 95.5 Å². The first kappa shape index (κ1) is 27.3. The Hall–Kier alpha value is -2.87. The summed E-state index contributed by atoms with van der Waals surface area (Å²) in [6.07, 6.45) is 10.5. The van der Waals surface area contributed by atoms with E-state index in [4.69, 9.17) is 9.47 Å². The van der Waals surface area contributed by atoms with E-state index < -0.39 is 29.6 Å². The molecule has 3 heterocycles. The summed E-state index contributed by atoms with van der Waals surface area (Å²) in [5.74, 6) is -0.0649. The summed E-state index contributed by atoms with van der Waals surface area (Å²) in [5.41, 5.74) is -0.501. The molecule has 5 aliphatic rings. The molecule has 3 aliphatic heterocycles. The largest absolute Gasteiger partial charge is 0.497 e. The van der Waals surface area contributed by atoms with Crippen molar-refractivity contribution in [3.05, 3.63) is 36.4 Å². The molecule has 2 N–H and O–H groups in total. The van der Waals surface area contributed by atoms with Gasteiger partial charge in [0.05, 0.1) is 25.0 Å². The average Bonchev–Trinajstić information content (AvgIpc) is 3.59. The van der Waals surface area contributed by atoms with E-state index in [0.29, 0.717) is 23.3 Å². The van der Waals surface area contributed by atoms with E-state index in [9.17, 15) is 14.4 Å². The van der Waals surface area contributed by atoms with Crippen LogP contribution < -0.4 is 15.4 Å². The minimum Gasteiger partial charge on any atom is -0.497 e. The summed E-state index contributed by atoms with van der Waals surface area (Å²) in [4.78, 5) is 44.3. The van der Waals surface area contributed by atoms with Crippen molar-refractivity contribution in [2.24, 2.45) is 29.6 Å². The molecule has 1 aromatic carbocycles. The Kier molecular flexibility index (Phi) is 7.18. The lowest BCUT2D eigenvalue weighted by atomic mass is 9.73. The van der Waals surface area contributed by atoms with Gasteiger partial charge < -0.3 is 25.0 Å². The van der Waals surface area contributed by atoms with Gasteiger partial charge in [0.2, 0.25) is 17.7 Å². The molecule has 3 amide bonds. The summed E-state index contributed by atoms with van der Waals surface area (Å²) in [6.45, 7) is 6.65. The first-order valence-electron chi connectivity index (χ1n) is 15.2. The lowest BCUT2D eigenvalue weighted by molar-refractivity contribution is -0.146. The maximum absolute atomic E-state index is 14.4. The van der Waals surface area contributed by atoms with Gasteiger partial charge >= 0.3 is 0 Å². The molecule has 0 radical (unpaired) electrons. The molecule has 6 rings (SSSR count). The molecule has 2 saturated carbocycles. The smallest absolute Gasteiger partial charge is 0.246 e. The Bertz CT molecular complexity index is 1180. The van der Waals surface area contributed by atoms with Crippen LogP contribution in [0.3, 0.4) is 0 Å². The van der Waals surface area contributed by atoms with Gasteiger partial charge in [0.25, 0.3) is 0 Å². The van der Waals surface area contributed by atoms with Crippen molar-refractivity contribution < 1.29 is 23.9 Å². The number of hydrogen-bond acceptors (Lipinski definition) is 5. The predicted octanol–water partition coefficient (Wildman–Crippen LogP) is 4.30. The minimum absolute atomic E-state index is 0.0407. The quantitative estimate of drug-likeness (QED) is 0.516. The number of hydrogen-bond donors (Lipinski definition) is 2. The number of nitrogens with zero attached hydrogens (tertiary/aromatic N) is 1. The number of likely N-dealkylation sites (tertiary alicyclic amines) is 1. The zero-order valence-corrected chi connectivity index (χ0v) is 24.1. The molecule has 2 saturated heterocycles. The van der Waals surface area contributed by atoms with E-state index in [1.807, 2.05) is 17.1 Å². The van der Waals surface area contributed by atoms with Gasteiger partial charge in [-0.1, -0.05) is 58.6 Å². The molecule has 40 heavy (non-hydrogen) atoms. The van der Waals surface area contributed by atoms with Crippen molar-refractivity contribution in [1.29, 1.82) is 0 Å². The van der Waals surface area contributed by atoms with Gasteiger partial charge in [-0.2, -0.15) is 0 Å². The van der Waals surface area contributed by atoms with Crippen molar-refractivity contribution in [1.82, 2.24) is 10.2 Å². The Balaban J connectivity index is 1.32. The number of benzene rings is 1. The zero-order chi connectivity index (χ0) is 28.2. The third kappa shape index (κ3) is 4.34. The van der Waals surface area contributed by atoms with Crippen LogP contribution in [0.25, 0.3) is 0 Å². The average molecular weight is 550 g/mol. The fourth-order valence-corrected chi connectivity index (χ4v) is 8.22. The van der Waals surface area contributed by atoms with Crippen LogP contribution in [0.5, 0.6) is 5.75 Å². The molecule has 2 aliphatic carbocycles. The molecular formula is C32H43N3O5. The van der Waals surface area contributed by atoms with Crippen molar-refractivity contribution in [3.8, 4) is 5.75 Å². The first-order valence-corrected chi connectivity index (χ1v) is 15.2. The molecule has 2 bridgehead atoms. The molecule has 216 valence electrons. The second-order valence-corrected chi connectivity index (χ2v) is 12.9. The van der Waals surface area contributed by atoms with E-state index in [1.165, 1.54) is 6.42 Å². The fourth-order valence-electron chi connectivity index (χ4n) is 8.22. The van der Waals surface area contributed by atoms with Crippen LogP contribution >= 0.6 is 0 Å². The highest BCUT2D eigenvalue weighted by atomic mass is 16.5. The lowest BCUT2D eigenvalue weighted by Crippen LogP contribution is -2.60. The monoisotopic (exact) mass is 549 g/mol. The van der Waals surface area contributed by atoms with Crippen LogP contribution in [0.1, 0.15) is 65.7 Å². The lowest BCUT2D eigenvalue weighted by Gasteiger charge is -2.42. The van der Waals surface area contributed by atoms with Gasteiger partial charge in [0.15, 0.2) is 0 Å². The molecule has 0 aromatic heterocycles. The third-order valence-corrected chi connectivity index (χ3v) is 10.7. The van der Waals surface area contributed by atoms with Crippen LogP contribution in [-0.2, 0) is 19.1 Å². The molecule has 10 unspecified atom stereocenters. The predicted molar refractivity (Wildman–Crippen MR) is 152 cm³/mol. The van der Waals surface area contributed by atoms with Crippen LogP contribution in [-0.4, -0.2) is 59.6 Å². The summed E-state index contributed by atoms with van der Waals surface area (Å²) in [7, 11) is 1.60. The summed E-state index contributed by atoms with van der Waals surface area (Å²) < 4.78 is 11.8. The van der Waals surface area contributed by atoms with Gasteiger partial charge in [-0.25, -0.2) is 0 Å². The molecule has 4 fully saturated rings. The number of anilines is 1. The first-order chi connectivity index (χ1) is 19.2. The maximum atomic E-state index is 14.4. The van der Waals surface area contributed by atoms with Crippen molar-refractivity contribution in [2.75, 3.05) is 12.4 Å². The topological polar surface area (TPSA) is 97.0 Å². The van der Waals surface area contributed by atoms with E-state index in [-0.39, 0.29) is 35.7 Å². The van der Waals surface area contributed by atoms with E-state index in [2.05, 4.69) is 31.4 Å². The van der Waals surface area contributed by atoms with Gasteiger partial charge in [0.1, 0.15) is 17.4 Å². The third-order valence-electron chi connectivity index (χ3n) is 10.7. The number of carbonyl (C=O) groups is 3. The van der Waals surface area contributed by atoms with E-state index >= 15 is 0 Å². The normalized spacial score (nSPS) is 40.1. The number of methoxy groups -OCH3 is 1. The number of carbonyl (C=O) groups excluding carboxylic acids is 3. The summed E-state index contributed by atoms with van der Waals surface area (Å²) >= 11 is 0. The molecule has 1 spiro atoms. The maximum Gasteiger partial charge on any atom is 0.246 e. The van der Waals surface area contributed by atoms with Gasteiger partial charge in [-0.05, 0) is 61.3 Å². The van der Waals surface area contributed by atoms with Crippen LogP contribution in [0.4, 0.5) is 5.69 Å². The van der Waals surface area contributed by atoms with E-state index in [1.54, 1.807) is 31.4 Å². The Labute approximate surface area is 237 Å². The number of rotatable bonds is 6. The zero-order valence-electron chi connectivity index (χ0n) is 24.1. The second-order valence-electron chi connectivity index (χ2n) is 12.9. The van der Waals surface area contributed by atoms with Crippen LogP contribution in [0, 0.1) is 29.6 Å². The number of nitrogens with one attached hydrogen (secondary N) is 2. The molecule has 1 aromatic rings. The molecule has 8 nitrogen and oxygen atoms in total. The fraction of sp³-hybridized carbons (Fsp3) is 0.656. The summed E-state index contributed by atoms with van der Waals surface area (Å²) in [5, 5.41) is 6.37. The van der Waals surface area contributed by atoms with Crippen molar-refractivity contribution in [3.63, 3.8) is 0 Å². The summed E-state index contributed by atoms with van der Waals surface area (Å²) in [6, 6.07) is 6.39. The highest BCUT2D eigenvalue weighted by Gasteiger charge is 2.73. The van der Waals surface area contributed by atoms with Crippen LogP contribution in [0.15, 0.2) is 36.4 Å². The van der Waals surface area contributed by atoms with Gasteiger partial charge in [-0.15, -0.1) is 0 Å². The van der Waals surface area contributed by atoms with E-state index in [0.717, 1.165) is 38.5 Å². The Morgan fingerprint density at radius 3 is 2.42 bits per heavy atom. The number of ether oxygens (including phenoxy) is 2. The number of fused-ring (bicyclic) bond motifs is 1. The minimum atomic E-state index is -1.13. The standard InChI is InChI=1S/C32H43N3O5/c1-18-9-7-10-23(20(18)3)34-30(37)28-32-17-16-25(40-32)26(29(36)33-21-12-14-22(39-4)15-13-21)27(32)31(38)35(28)24-11-6-5-8-19(24)2/h12-20,23-28H,5-11H2,1-4H3,(H,33,36)(H,34,37). The number of amides is 3. The Morgan fingerprint density at radius 1 is 0.975 bits per heavy atom. The van der Waals surface area contributed by atoms with Crippen LogP contribution in [0.2, 0.25) is 0 Å². The van der Waals surface area contributed by atoms with Gasteiger partial charge in [-0.3, -0.25) is 14.4 Å². The SMILES string of the molecule is COc1ccc(NC(=O)C2C3C=CC4(O3)C2C(=O)N(C2CCCCC2C)C4C(=O)NC2CCCC(C)C2C)cc1. The molecule has 10 atom stereocenters. The molecular weight excluding hydrogens is 506 g/mol.